The molecular formula is C8H18N2O2. The fourth-order valence-corrected chi connectivity index (χ4v) is 0.538. The van der Waals surface area contributed by atoms with E-state index in [-0.39, 0.29) is 12.1 Å². The maximum atomic E-state index is 10.9. The van der Waals surface area contributed by atoms with Gasteiger partial charge < -0.3 is 15.8 Å². The molecule has 0 fully saturated rings. The maximum absolute atomic E-state index is 10.9. The van der Waals surface area contributed by atoms with Crippen LogP contribution in [0.2, 0.25) is 0 Å². The summed E-state index contributed by atoms with van der Waals surface area (Å²) in [6.07, 6.45) is -0.388. The van der Waals surface area contributed by atoms with Gasteiger partial charge in [-0.3, -0.25) is 0 Å². The van der Waals surface area contributed by atoms with E-state index in [9.17, 15) is 4.79 Å². The SMILES string of the molecule is CC(C)COC(=O)NCC(C)N. The molecule has 0 saturated heterocycles. The standard InChI is InChI=1S/C8H18N2O2/c1-6(2)5-12-8(11)10-4-7(3)9/h6-7H,4-5,9H2,1-3H3,(H,10,11). The average Bonchev–Trinajstić information content (AvgIpc) is 1.96. The lowest BCUT2D eigenvalue weighted by atomic mass is 10.2. The van der Waals surface area contributed by atoms with E-state index in [0.717, 1.165) is 0 Å². The minimum atomic E-state index is -0.388. The topological polar surface area (TPSA) is 64.3 Å². The lowest BCUT2D eigenvalue weighted by Gasteiger charge is -2.09. The van der Waals surface area contributed by atoms with E-state index in [0.29, 0.717) is 19.1 Å². The van der Waals surface area contributed by atoms with Crippen molar-refractivity contribution in [2.45, 2.75) is 26.8 Å². The summed E-state index contributed by atoms with van der Waals surface area (Å²) in [5.74, 6) is 0.367. The monoisotopic (exact) mass is 174 g/mol. The number of carbonyl (C=O) groups is 1. The highest BCUT2D eigenvalue weighted by atomic mass is 16.5. The van der Waals surface area contributed by atoms with E-state index in [4.69, 9.17) is 10.5 Å². The Hall–Kier alpha value is -0.770. The Labute approximate surface area is 73.5 Å². The molecule has 1 unspecified atom stereocenters. The zero-order valence-electron chi connectivity index (χ0n) is 7.96. The van der Waals surface area contributed by atoms with E-state index in [1.54, 1.807) is 0 Å². The molecule has 0 rings (SSSR count). The molecule has 4 heteroatoms. The summed E-state index contributed by atoms with van der Waals surface area (Å²) in [5.41, 5.74) is 5.43. The predicted octanol–water partition coefficient (Wildman–Crippen LogP) is 0.716. The minimum absolute atomic E-state index is 0.0309. The first kappa shape index (κ1) is 11.2. The van der Waals surface area contributed by atoms with Gasteiger partial charge in [-0.1, -0.05) is 13.8 Å². The molecular weight excluding hydrogens is 156 g/mol. The molecule has 0 aliphatic rings. The van der Waals surface area contributed by atoms with E-state index < -0.39 is 0 Å². The number of hydrogen-bond acceptors (Lipinski definition) is 3. The van der Waals surface area contributed by atoms with Crippen molar-refractivity contribution in [3.8, 4) is 0 Å². The molecule has 0 radical (unpaired) electrons. The number of rotatable bonds is 4. The molecule has 3 N–H and O–H groups in total. The molecule has 0 aliphatic carbocycles. The van der Waals surface area contributed by atoms with Crippen molar-refractivity contribution in [3.05, 3.63) is 0 Å². The molecule has 0 saturated carbocycles. The van der Waals surface area contributed by atoms with Gasteiger partial charge in [0.1, 0.15) is 0 Å². The van der Waals surface area contributed by atoms with Crippen LogP contribution in [0.3, 0.4) is 0 Å². The van der Waals surface area contributed by atoms with Crippen molar-refractivity contribution >= 4 is 6.09 Å². The number of nitrogens with one attached hydrogen (secondary N) is 1. The van der Waals surface area contributed by atoms with E-state index >= 15 is 0 Å². The first-order valence-electron chi connectivity index (χ1n) is 4.18. The quantitative estimate of drug-likeness (QED) is 0.660. The number of hydrogen-bond donors (Lipinski definition) is 2. The van der Waals surface area contributed by atoms with Crippen molar-refractivity contribution in [2.24, 2.45) is 11.7 Å². The lowest BCUT2D eigenvalue weighted by molar-refractivity contribution is 0.132. The summed E-state index contributed by atoms with van der Waals surface area (Å²) in [7, 11) is 0. The predicted molar refractivity (Wildman–Crippen MR) is 47.8 cm³/mol. The van der Waals surface area contributed by atoms with Crippen LogP contribution in [0.1, 0.15) is 20.8 Å². The van der Waals surface area contributed by atoms with Gasteiger partial charge in [0, 0.05) is 12.6 Å². The largest absolute Gasteiger partial charge is 0.449 e. The highest BCUT2D eigenvalue weighted by molar-refractivity contribution is 5.67. The van der Waals surface area contributed by atoms with Gasteiger partial charge in [-0.15, -0.1) is 0 Å². The Balaban J connectivity index is 3.34. The van der Waals surface area contributed by atoms with Crippen molar-refractivity contribution in [3.63, 3.8) is 0 Å². The van der Waals surface area contributed by atoms with Crippen LogP contribution in [0.4, 0.5) is 4.79 Å². The highest BCUT2D eigenvalue weighted by Crippen LogP contribution is 1.92. The van der Waals surface area contributed by atoms with E-state index in [1.807, 2.05) is 20.8 Å². The Kier molecular flexibility index (Phi) is 5.45. The van der Waals surface area contributed by atoms with Crippen molar-refractivity contribution < 1.29 is 9.53 Å². The smallest absolute Gasteiger partial charge is 0.407 e. The van der Waals surface area contributed by atoms with Crippen molar-refractivity contribution in [1.82, 2.24) is 5.32 Å². The molecule has 72 valence electrons. The van der Waals surface area contributed by atoms with Gasteiger partial charge in [0.25, 0.3) is 0 Å². The average molecular weight is 174 g/mol. The van der Waals surface area contributed by atoms with E-state index in [2.05, 4.69) is 5.32 Å². The van der Waals surface area contributed by atoms with Crippen LogP contribution in [-0.2, 0) is 4.74 Å². The summed E-state index contributed by atoms with van der Waals surface area (Å²) < 4.78 is 4.85. The second kappa shape index (κ2) is 5.83. The van der Waals surface area contributed by atoms with Crippen LogP contribution in [0.15, 0.2) is 0 Å². The van der Waals surface area contributed by atoms with Crippen LogP contribution in [0.5, 0.6) is 0 Å². The minimum Gasteiger partial charge on any atom is -0.449 e. The summed E-state index contributed by atoms with van der Waals surface area (Å²) in [6, 6.07) is -0.0309. The molecule has 0 spiro atoms. The van der Waals surface area contributed by atoms with Crippen LogP contribution < -0.4 is 11.1 Å². The van der Waals surface area contributed by atoms with Gasteiger partial charge in [0.2, 0.25) is 0 Å². The Morgan fingerprint density at radius 1 is 1.50 bits per heavy atom. The number of amides is 1. The third-order valence-corrected chi connectivity index (χ3v) is 1.12. The summed E-state index contributed by atoms with van der Waals surface area (Å²) in [5, 5.41) is 2.55. The fourth-order valence-electron chi connectivity index (χ4n) is 0.538. The second-order valence-corrected chi connectivity index (χ2v) is 3.35. The molecule has 0 heterocycles. The number of carbonyl (C=O) groups excluding carboxylic acids is 1. The number of nitrogens with two attached hydrogens (primary N) is 1. The van der Waals surface area contributed by atoms with Gasteiger partial charge in [0.05, 0.1) is 6.61 Å². The van der Waals surface area contributed by atoms with Crippen LogP contribution in [0.25, 0.3) is 0 Å². The summed E-state index contributed by atoms with van der Waals surface area (Å²) in [4.78, 5) is 10.9. The third-order valence-electron chi connectivity index (χ3n) is 1.12. The molecule has 4 nitrogen and oxygen atoms in total. The lowest BCUT2D eigenvalue weighted by Crippen LogP contribution is -2.35. The fraction of sp³-hybridized carbons (Fsp3) is 0.875. The second-order valence-electron chi connectivity index (χ2n) is 3.35. The Bertz CT molecular complexity index is 121. The summed E-state index contributed by atoms with van der Waals surface area (Å²) >= 11 is 0. The molecule has 0 aromatic rings. The summed E-state index contributed by atoms with van der Waals surface area (Å²) in [6.45, 7) is 6.70. The number of ether oxygens (including phenoxy) is 1. The Morgan fingerprint density at radius 3 is 2.50 bits per heavy atom. The van der Waals surface area contributed by atoms with Gasteiger partial charge in [-0.05, 0) is 12.8 Å². The number of alkyl carbamates (subject to hydrolysis) is 1. The Morgan fingerprint density at radius 2 is 2.08 bits per heavy atom. The molecule has 0 aliphatic heterocycles. The molecule has 12 heavy (non-hydrogen) atoms. The normalized spacial score (nSPS) is 12.8. The molecule has 0 aromatic heterocycles. The van der Waals surface area contributed by atoms with E-state index in [1.165, 1.54) is 0 Å². The first-order chi connectivity index (χ1) is 5.52. The van der Waals surface area contributed by atoms with Gasteiger partial charge >= 0.3 is 6.09 Å². The molecule has 1 amide bonds. The zero-order valence-corrected chi connectivity index (χ0v) is 7.96. The highest BCUT2D eigenvalue weighted by Gasteiger charge is 2.03. The van der Waals surface area contributed by atoms with Crippen LogP contribution in [-0.4, -0.2) is 25.3 Å². The molecule has 0 aromatic carbocycles. The van der Waals surface area contributed by atoms with Gasteiger partial charge in [-0.2, -0.15) is 0 Å². The van der Waals surface area contributed by atoms with Crippen LogP contribution >= 0.6 is 0 Å². The molecule has 1 atom stereocenters. The maximum Gasteiger partial charge on any atom is 0.407 e. The zero-order chi connectivity index (χ0) is 9.56. The first-order valence-corrected chi connectivity index (χ1v) is 4.18. The van der Waals surface area contributed by atoms with Crippen molar-refractivity contribution in [2.75, 3.05) is 13.2 Å². The van der Waals surface area contributed by atoms with Gasteiger partial charge in [0.15, 0.2) is 0 Å². The van der Waals surface area contributed by atoms with Gasteiger partial charge in [-0.25, -0.2) is 4.79 Å². The van der Waals surface area contributed by atoms with Crippen LogP contribution in [0, 0.1) is 5.92 Å². The van der Waals surface area contributed by atoms with Crippen molar-refractivity contribution in [1.29, 1.82) is 0 Å². The molecule has 0 bridgehead atoms. The third kappa shape index (κ3) is 7.34.